The third kappa shape index (κ3) is 5.10. The summed E-state index contributed by atoms with van der Waals surface area (Å²) in [6, 6.07) is 10.6. The highest BCUT2D eigenvalue weighted by atomic mass is 32.1. The number of methoxy groups -OCH3 is 1. The number of nitrogens with zero attached hydrogens (tertiary/aromatic N) is 1. The number of benzene rings is 2. The van der Waals surface area contributed by atoms with Crippen LogP contribution in [0.1, 0.15) is 5.56 Å². The van der Waals surface area contributed by atoms with Crippen LogP contribution in [0.4, 0.5) is 8.78 Å². The Morgan fingerprint density at radius 2 is 2.08 bits per heavy atom. The summed E-state index contributed by atoms with van der Waals surface area (Å²) in [6.07, 6.45) is 1.41. The Bertz CT molecular complexity index is 726. The van der Waals surface area contributed by atoms with E-state index in [9.17, 15) is 8.78 Å². The van der Waals surface area contributed by atoms with Crippen molar-refractivity contribution in [2.45, 2.75) is 6.61 Å². The van der Waals surface area contributed by atoms with Crippen molar-refractivity contribution in [2.24, 2.45) is 5.10 Å². The van der Waals surface area contributed by atoms with E-state index in [1.54, 1.807) is 13.2 Å². The molecule has 8 heteroatoms. The van der Waals surface area contributed by atoms with Gasteiger partial charge in [0.25, 0.3) is 0 Å². The molecule has 2 rings (SSSR count). The van der Waals surface area contributed by atoms with Crippen molar-refractivity contribution in [1.29, 1.82) is 0 Å². The molecule has 2 N–H and O–H groups in total. The predicted molar refractivity (Wildman–Crippen MR) is 93.8 cm³/mol. The van der Waals surface area contributed by atoms with Crippen molar-refractivity contribution in [2.75, 3.05) is 20.3 Å². The molecule has 2 aromatic carbocycles. The Balaban J connectivity index is 2.18. The molecule has 0 heterocycles. The number of nitrogens with one attached hydrogen (secondary N) is 2. The van der Waals surface area contributed by atoms with Gasteiger partial charge in [-0.3, -0.25) is 5.43 Å². The summed E-state index contributed by atoms with van der Waals surface area (Å²) >= 11 is 5.04. The second-order valence-corrected chi connectivity index (χ2v) is 5.10. The fourth-order valence-corrected chi connectivity index (χ4v) is 2.22. The second-order valence-electron chi connectivity index (χ2n) is 4.70. The quantitative estimate of drug-likeness (QED) is 0.347. The van der Waals surface area contributed by atoms with Crippen LogP contribution in [0.25, 0.3) is 10.8 Å². The van der Waals surface area contributed by atoms with E-state index in [-0.39, 0.29) is 5.75 Å². The number of thiocarbonyl (C=S) groups is 1. The number of ether oxygens (including phenoxy) is 2. The molecule has 0 bridgehead atoms. The Morgan fingerprint density at radius 3 is 2.83 bits per heavy atom. The molecule has 0 amide bonds. The first kappa shape index (κ1) is 18.0. The zero-order valence-corrected chi connectivity index (χ0v) is 13.8. The first-order chi connectivity index (χ1) is 11.6. The number of fused-ring (bicyclic) bond motifs is 1. The SMILES string of the molecule is COCCNC(=S)N/N=C\c1c(OC(F)F)ccc2ccccc12. The number of hydrogen-bond donors (Lipinski definition) is 2. The zero-order valence-electron chi connectivity index (χ0n) is 13.0. The van der Waals surface area contributed by atoms with Gasteiger partial charge in [0.2, 0.25) is 0 Å². The summed E-state index contributed by atoms with van der Waals surface area (Å²) in [6.45, 7) is -1.88. The molecule has 0 aliphatic rings. The van der Waals surface area contributed by atoms with Crippen LogP contribution in [-0.4, -0.2) is 38.2 Å². The van der Waals surface area contributed by atoms with Gasteiger partial charge < -0.3 is 14.8 Å². The standard InChI is InChI=1S/C16H17F2N3O2S/c1-22-9-8-19-16(24)21-20-10-13-12-5-3-2-4-11(12)6-7-14(13)23-15(17)18/h2-7,10,15H,8-9H2,1H3,(H2,19,21,24)/b20-10-. The summed E-state index contributed by atoms with van der Waals surface area (Å²) in [5.41, 5.74) is 3.07. The maximum absolute atomic E-state index is 12.6. The van der Waals surface area contributed by atoms with Crippen LogP contribution in [-0.2, 0) is 4.74 Å². The van der Waals surface area contributed by atoms with E-state index in [0.29, 0.717) is 23.8 Å². The monoisotopic (exact) mass is 353 g/mol. The van der Waals surface area contributed by atoms with Crippen molar-refractivity contribution in [3.05, 3.63) is 42.0 Å². The largest absolute Gasteiger partial charge is 0.434 e. The Kier molecular flexibility index (Phi) is 6.83. The van der Waals surface area contributed by atoms with E-state index in [1.807, 2.05) is 24.3 Å². The minimum absolute atomic E-state index is 0.0486. The summed E-state index contributed by atoms with van der Waals surface area (Å²) in [5.74, 6) is 0.0486. The van der Waals surface area contributed by atoms with Gasteiger partial charge in [-0.15, -0.1) is 0 Å². The summed E-state index contributed by atoms with van der Waals surface area (Å²) in [4.78, 5) is 0. The van der Waals surface area contributed by atoms with E-state index in [0.717, 1.165) is 10.8 Å². The maximum Gasteiger partial charge on any atom is 0.387 e. The molecule has 0 aliphatic carbocycles. The van der Waals surface area contributed by atoms with Crippen LogP contribution in [0.2, 0.25) is 0 Å². The molecule has 0 saturated heterocycles. The molecule has 0 atom stereocenters. The molecule has 0 saturated carbocycles. The van der Waals surface area contributed by atoms with E-state index in [1.165, 1.54) is 12.3 Å². The summed E-state index contributed by atoms with van der Waals surface area (Å²) < 4.78 is 34.7. The third-order valence-corrected chi connectivity index (χ3v) is 3.33. The van der Waals surface area contributed by atoms with Gasteiger partial charge >= 0.3 is 6.61 Å². The molecule has 5 nitrogen and oxygen atoms in total. The number of alkyl halides is 2. The fourth-order valence-electron chi connectivity index (χ4n) is 2.07. The normalized spacial score (nSPS) is 11.2. The molecule has 128 valence electrons. The molecule has 0 aliphatic heterocycles. The van der Waals surface area contributed by atoms with Crippen molar-refractivity contribution in [3.8, 4) is 5.75 Å². The first-order valence-corrected chi connectivity index (χ1v) is 7.55. The van der Waals surface area contributed by atoms with E-state index in [4.69, 9.17) is 17.0 Å². The minimum atomic E-state index is -2.91. The van der Waals surface area contributed by atoms with E-state index in [2.05, 4.69) is 20.6 Å². The molecule has 0 fully saturated rings. The van der Waals surface area contributed by atoms with Crippen molar-refractivity contribution in [3.63, 3.8) is 0 Å². The summed E-state index contributed by atoms with van der Waals surface area (Å²) in [7, 11) is 1.58. The maximum atomic E-state index is 12.6. The molecule has 0 aromatic heterocycles. The van der Waals surface area contributed by atoms with Crippen molar-refractivity contribution >= 4 is 34.3 Å². The third-order valence-electron chi connectivity index (χ3n) is 3.10. The van der Waals surface area contributed by atoms with E-state index >= 15 is 0 Å². The van der Waals surface area contributed by atoms with Crippen LogP contribution in [0.15, 0.2) is 41.5 Å². The predicted octanol–water partition coefficient (Wildman–Crippen LogP) is 2.89. The van der Waals surface area contributed by atoms with Gasteiger partial charge in [-0.25, -0.2) is 0 Å². The minimum Gasteiger partial charge on any atom is -0.434 e. The highest BCUT2D eigenvalue weighted by molar-refractivity contribution is 7.80. The number of hydrazone groups is 1. The van der Waals surface area contributed by atoms with Gasteiger partial charge in [0, 0.05) is 19.2 Å². The van der Waals surface area contributed by atoms with Gasteiger partial charge in [-0.1, -0.05) is 30.3 Å². The topological polar surface area (TPSA) is 54.9 Å². The van der Waals surface area contributed by atoms with Gasteiger partial charge in [-0.05, 0) is 29.1 Å². The van der Waals surface area contributed by atoms with Crippen molar-refractivity contribution < 1.29 is 18.3 Å². The van der Waals surface area contributed by atoms with Gasteiger partial charge in [0.15, 0.2) is 5.11 Å². The van der Waals surface area contributed by atoms with Crippen LogP contribution >= 0.6 is 12.2 Å². The Morgan fingerprint density at radius 1 is 1.29 bits per heavy atom. The number of rotatable bonds is 7. The molecule has 24 heavy (non-hydrogen) atoms. The fraction of sp³-hybridized carbons (Fsp3) is 0.250. The van der Waals surface area contributed by atoms with Gasteiger partial charge in [-0.2, -0.15) is 13.9 Å². The lowest BCUT2D eigenvalue weighted by molar-refractivity contribution is -0.0498. The van der Waals surface area contributed by atoms with Crippen molar-refractivity contribution in [1.82, 2.24) is 10.7 Å². The van der Waals surface area contributed by atoms with Crippen LogP contribution < -0.4 is 15.5 Å². The Hall–Kier alpha value is -2.32. The second kappa shape index (κ2) is 9.09. The molecule has 2 aromatic rings. The average molecular weight is 353 g/mol. The molecule has 0 spiro atoms. The smallest absolute Gasteiger partial charge is 0.387 e. The first-order valence-electron chi connectivity index (χ1n) is 7.14. The highest BCUT2D eigenvalue weighted by Crippen LogP contribution is 2.27. The number of hydrogen-bond acceptors (Lipinski definition) is 4. The van der Waals surface area contributed by atoms with Gasteiger partial charge in [0.05, 0.1) is 12.8 Å². The van der Waals surface area contributed by atoms with Crippen LogP contribution in [0.3, 0.4) is 0 Å². The lowest BCUT2D eigenvalue weighted by Crippen LogP contribution is -2.34. The lowest BCUT2D eigenvalue weighted by atomic mass is 10.0. The summed E-state index contributed by atoms with van der Waals surface area (Å²) in [5, 5.41) is 8.82. The number of halogens is 2. The lowest BCUT2D eigenvalue weighted by Gasteiger charge is -2.11. The van der Waals surface area contributed by atoms with Gasteiger partial charge in [0.1, 0.15) is 5.75 Å². The molecular formula is C16H17F2N3O2S. The molecule has 0 radical (unpaired) electrons. The average Bonchev–Trinajstić information content (AvgIpc) is 2.56. The van der Waals surface area contributed by atoms with Crippen LogP contribution in [0.5, 0.6) is 5.75 Å². The molecule has 0 unspecified atom stereocenters. The van der Waals surface area contributed by atoms with E-state index < -0.39 is 6.61 Å². The molecular weight excluding hydrogens is 336 g/mol. The Labute approximate surface area is 143 Å². The zero-order chi connectivity index (χ0) is 17.4. The highest BCUT2D eigenvalue weighted by Gasteiger charge is 2.11. The van der Waals surface area contributed by atoms with Crippen LogP contribution in [0, 0.1) is 0 Å².